The van der Waals surface area contributed by atoms with Crippen molar-refractivity contribution in [3.8, 4) is 0 Å². The third kappa shape index (κ3) is 1.36. The minimum Gasteiger partial charge on any atom is -0.458 e. The van der Waals surface area contributed by atoms with Gasteiger partial charge < -0.3 is 24.1 Å². The van der Waals surface area contributed by atoms with Gasteiger partial charge in [-0.05, 0) is 42.7 Å². The number of carbonyl (C=O) groups excluding carboxylic acids is 1. The lowest BCUT2D eigenvalue weighted by Crippen LogP contribution is -2.74. The summed E-state index contributed by atoms with van der Waals surface area (Å²) in [7, 11) is 0. The van der Waals surface area contributed by atoms with Gasteiger partial charge >= 0.3 is 5.97 Å². The monoisotopic (exact) mass is 398 g/mol. The molecule has 0 radical (unpaired) electrons. The fourth-order valence-corrected chi connectivity index (χ4v) is 8.33. The molecule has 7 aliphatic rings. The molecule has 4 heterocycles. The Labute approximate surface area is 169 Å². The standard InChI is InChI=1S/C23H26O6/c1-5-7-20(25)21(11(2)3)16(28-21)17-23(29-17)19(4)8-6-12-13(10-26-18(12)24)14(19)9-15-22(20,23)27-15/h7,11,14-17,25H,1,6,8-10H2,2-4H3/t14-,15-,16-,17-,19-,20?,21-,22+,23+/m0/s1. The molecular weight excluding hydrogens is 372 g/mol. The van der Waals surface area contributed by atoms with Crippen LogP contribution in [0.3, 0.4) is 0 Å². The summed E-state index contributed by atoms with van der Waals surface area (Å²) in [4.78, 5) is 12.2. The molecule has 2 spiro atoms. The lowest BCUT2D eigenvalue weighted by molar-refractivity contribution is -0.140. The number of esters is 1. The Kier molecular flexibility index (Phi) is 2.64. The Morgan fingerprint density at radius 3 is 2.76 bits per heavy atom. The molecule has 2 saturated carbocycles. The predicted octanol–water partition coefficient (Wildman–Crippen LogP) is 1.81. The number of carbonyl (C=O) groups is 1. The van der Waals surface area contributed by atoms with Gasteiger partial charge in [-0.25, -0.2) is 4.79 Å². The highest BCUT2D eigenvalue weighted by Gasteiger charge is 3.04. The molecule has 154 valence electrons. The first-order valence-corrected chi connectivity index (χ1v) is 10.8. The largest absolute Gasteiger partial charge is 0.458 e. The Bertz CT molecular complexity index is 978. The molecule has 0 aromatic heterocycles. The molecule has 0 aromatic carbocycles. The summed E-state index contributed by atoms with van der Waals surface area (Å²) in [5.74, 6) is 0.0848. The van der Waals surface area contributed by atoms with Gasteiger partial charge in [-0.3, -0.25) is 0 Å². The van der Waals surface area contributed by atoms with Crippen LogP contribution in [0.2, 0.25) is 0 Å². The van der Waals surface area contributed by atoms with E-state index in [9.17, 15) is 9.90 Å². The molecule has 9 atom stereocenters. The van der Waals surface area contributed by atoms with Gasteiger partial charge in [-0.2, -0.15) is 0 Å². The molecule has 3 saturated heterocycles. The van der Waals surface area contributed by atoms with Crippen LogP contribution in [-0.2, 0) is 23.7 Å². The van der Waals surface area contributed by atoms with E-state index in [4.69, 9.17) is 18.9 Å². The van der Waals surface area contributed by atoms with Gasteiger partial charge in [0.15, 0.2) is 11.2 Å². The molecule has 0 bridgehead atoms. The van der Waals surface area contributed by atoms with Gasteiger partial charge in [0.05, 0.1) is 6.10 Å². The summed E-state index contributed by atoms with van der Waals surface area (Å²) in [6.45, 7) is 10.6. The number of fused-ring (bicyclic) bond motifs is 4. The van der Waals surface area contributed by atoms with Crippen molar-refractivity contribution in [1.82, 2.24) is 0 Å². The van der Waals surface area contributed by atoms with E-state index in [1.165, 1.54) is 0 Å². The second-order valence-corrected chi connectivity index (χ2v) is 10.5. The van der Waals surface area contributed by atoms with Crippen molar-refractivity contribution in [2.45, 2.75) is 80.7 Å². The summed E-state index contributed by atoms with van der Waals surface area (Å²) < 4.78 is 24.8. The molecular formula is C23H26O6. The van der Waals surface area contributed by atoms with Gasteiger partial charge in [0.1, 0.15) is 30.0 Å². The van der Waals surface area contributed by atoms with Crippen molar-refractivity contribution >= 4 is 5.97 Å². The van der Waals surface area contributed by atoms with Crippen LogP contribution >= 0.6 is 0 Å². The zero-order valence-electron chi connectivity index (χ0n) is 17.0. The molecule has 6 nitrogen and oxygen atoms in total. The molecule has 1 unspecified atom stereocenters. The number of cyclic esters (lactones) is 1. The second kappa shape index (κ2) is 4.44. The van der Waals surface area contributed by atoms with Crippen molar-refractivity contribution in [3.63, 3.8) is 0 Å². The van der Waals surface area contributed by atoms with Crippen LogP contribution in [0, 0.1) is 17.3 Å². The predicted molar refractivity (Wildman–Crippen MR) is 99.7 cm³/mol. The molecule has 4 aliphatic heterocycles. The van der Waals surface area contributed by atoms with Crippen LogP contribution in [0.15, 0.2) is 29.5 Å². The molecule has 3 aliphatic carbocycles. The Morgan fingerprint density at radius 2 is 2.03 bits per heavy atom. The van der Waals surface area contributed by atoms with Crippen molar-refractivity contribution in [2.24, 2.45) is 17.3 Å². The van der Waals surface area contributed by atoms with E-state index >= 15 is 0 Å². The molecule has 5 fully saturated rings. The quantitative estimate of drug-likeness (QED) is 0.434. The molecule has 7 rings (SSSR count). The zero-order chi connectivity index (χ0) is 20.2. The van der Waals surface area contributed by atoms with E-state index in [1.807, 2.05) is 0 Å². The number of aliphatic hydroxyl groups is 1. The third-order valence-electron chi connectivity index (χ3n) is 9.60. The lowest BCUT2D eigenvalue weighted by atomic mass is 9.44. The van der Waals surface area contributed by atoms with Crippen molar-refractivity contribution in [3.05, 3.63) is 29.5 Å². The van der Waals surface area contributed by atoms with Gasteiger partial charge in [-0.15, -0.1) is 5.73 Å². The van der Waals surface area contributed by atoms with Gasteiger partial charge in [0, 0.05) is 11.0 Å². The topological polar surface area (TPSA) is 84.1 Å². The molecule has 0 amide bonds. The summed E-state index contributed by atoms with van der Waals surface area (Å²) in [5, 5.41) is 12.2. The third-order valence-corrected chi connectivity index (χ3v) is 9.60. The lowest BCUT2D eigenvalue weighted by Gasteiger charge is -2.56. The van der Waals surface area contributed by atoms with Crippen LogP contribution < -0.4 is 0 Å². The Morgan fingerprint density at radius 1 is 1.24 bits per heavy atom. The zero-order valence-corrected chi connectivity index (χ0v) is 17.0. The first-order valence-electron chi connectivity index (χ1n) is 10.8. The van der Waals surface area contributed by atoms with Gasteiger partial charge in [0.2, 0.25) is 0 Å². The average molecular weight is 398 g/mol. The normalized spacial score (nSPS) is 60.0. The highest BCUT2D eigenvalue weighted by Crippen LogP contribution is 2.85. The summed E-state index contributed by atoms with van der Waals surface area (Å²) >= 11 is 0. The summed E-state index contributed by atoms with van der Waals surface area (Å²) in [6.07, 6.45) is 3.53. The summed E-state index contributed by atoms with van der Waals surface area (Å²) in [6, 6.07) is 0. The van der Waals surface area contributed by atoms with Crippen LogP contribution in [0.5, 0.6) is 0 Å². The van der Waals surface area contributed by atoms with Crippen LogP contribution in [0.4, 0.5) is 0 Å². The minimum absolute atomic E-state index is 0.0931. The van der Waals surface area contributed by atoms with E-state index < -0.39 is 22.4 Å². The van der Waals surface area contributed by atoms with Crippen molar-refractivity contribution in [1.29, 1.82) is 0 Å². The van der Waals surface area contributed by atoms with E-state index in [2.05, 4.69) is 33.1 Å². The Hall–Kier alpha value is -1.43. The molecule has 6 heteroatoms. The van der Waals surface area contributed by atoms with Crippen LogP contribution in [-0.4, -0.2) is 58.4 Å². The fraction of sp³-hybridized carbons (Fsp3) is 0.739. The maximum absolute atomic E-state index is 12.2. The number of ether oxygens (including phenoxy) is 4. The second-order valence-electron chi connectivity index (χ2n) is 10.5. The highest BCUT2D eigenvalue weighted by molar-refractivity contribution is 5.92. The van der Waals surface area contributed by atoms with Gasteiger partial charge in [0.25, 0.3) is 0 Å². The molecule has 29 heavy (non-hydrogen) atoms. The summed E-state index contributed by atoms with van der Waals surface area (Å²) in [5.41, 5.74) is 1.02. The first kappa shape index (κ1) is 17.3. The SMILES string of the molecule is C=C=CC1(O)[C@]23O[C@H]2C[C@H]2C4=C(CC[C@]2(C)[C@@]32O[C@H]2[C@@H]2O[C@@]21C(C)C)C(=O)OC4. The average Bonchev–Trinajstić information content (AvgIpc) is 3.54. The molecule has 0 aromatic rings. The smallest absolute Gasteiger partial charge is 0.334 e. The first-order chi connectivity index (χ1) is 13.7. The number of rotatable bonds is 2. The minimum atomic E-state index is -1.34. The number of epoxide rings is 3. The van der Waals surface area contributed by atoms with E-state index in [0.29, 0.717) is 13.0 Å². The maximum atomic E-state index is 12.2. The van der Waals surface area contributed by atoms with Crippen LogP contribution in [0.25, 0.3) is 0 Å². The molecule has 1 N–H and O–H groups in total. The van der Waals surface area contributed by atoms with Crippen molar-refractivity contribution < 1.29 is 28.8 Å². The highest BCUT2D eigenvalue weighted by atomic mass is 16.7. The van der Waals surface area contributed by atoms with Crippen LogP contribution in [0.1, 0.15) is 40.0 Å². The van der Waals surface area contributed by atoms with E-state index in [1.54, 1.807) is 6.08 Å². The van der Waals surface area contributed by atoms with Crippen molar-refractivity contribution in [2.75, 3.05) is 6.61 Å². The van der Waals surface area contributed by atoms with Gasteiger partial charge in [-0.1, -0.05) is 27.4 Å². The number of hydrogen-bond donors (Lipinski definition) is 1. The number of hydrogen-bond acceptors (Lipinski definition) is 6. The van der Waals surface area contributed by atoms with E-state index in [-0.39, 0.29) is 41.5 Å². The maximum Gasteiger partial charge on any atom is 0.334 e. The fourth-order valence-electron chi connectivity index (χ4n) is 8.33. The van der Waals surface area contributed by atoms with E-state index in [0.717, 1.165) is 24.0 Å². The Balaban J connectivity index is 1.44.